The highest BCUT2D eigenvalue weighted by Crippen LogP contribution is 2.32. The van der Waals surface area contributed by atoms with E-state index in [0.29, 0.717) is 28.3 Å². The first-order chi connectivity index (χ1) is 10.5. The number of nitrogens with two attached hydrogens (primary N) is 1. The van der Waals surface area contributed by atoms with Gasteiger partial charge in [-0.25, -0.2) is 9.37 Å². The molecule has 6 nitrogen and oxygen atoms in total. The van der Waals surface area contributed by atoms with Gasteiger partial charge in [0.25, 0.3) is 0 Å². The maximum absolute atomic E-state index is 14.0. The lowest BCUT2D eigenvalue weighted by Crippen LogP contribution is -2.01. The summed E-state index contributed by atoms with van der Waals surface area (Å²) in [4.78, 5) is 7.85. The standard InChI is InChI=1S/C13H10F2N4O2S/c1-21-9-3-11-17-4-8(19(11)5-10(9)22-20)6-2-7(14)13(16)18-12(6)15/h2-5,20H,1H3,(H2,16,18). The average Bonchev–Trinajstić information content (AvgIpc) is 2.92. The maximum Gasteiger partial charge on any atom is 0.224 e. The van der Waals surface area contributed by atoms with E-state index in [2.05, 4.69) is 9.97 Å². The van der Waals surface area contributed by atoms with E-state index in [1.54, 1.807) is 6.07 Å². The van der Waals surface area contributed by atoms with E-state index >= 15 is 0 Å². The molecule has 3 heterocycles. The third-order valence-electron chi connectivity index (χ3n) is 3.13. The molecule has 0 radical (unpaired) electrons. The molecule has 114 valence electrons. The summed E-state index contributed by atoms with van der Waals surface area (Å²) in [5.74, 6) is -1.83. The summed E-state index contributed by atoms with van der Waals surface area (Å²) in [7, 11) is 1.45. The Balaban J connectivity index is 2.26. The fourth-order valence-electron chi connectivity index (χ4n) is 2.07. The largest absolute Gasteiger partial charge is 0.495 e. The van der Waals surface area contributed by atoms with E-state index in [9.17, 15) is 13.3 Å². The fraction of sp³-hybridized carbons (Fsp3) is 0.0769. The number of hydrogen-bond donors (Lipinski definition) is 2. The number of methoxy groups -OCH3 is 1. The van der Waals surface area contributed by atoms with Crippen molar-refractivity contribution in [2.24, 2.45) is 0 Å². The van der Waals surface area contributed by atoms with Crippen LogP contribution >= 0.6 is 12.0 Å². The smallest absolute Gasteiger partial charge is 0.224 e. The molecule has 0 unspecified atom stereocenters. The zero-order valence-electron chi connectivity index (χ0n) is 11.2. The van der Waals surface area contributed by atoms with Crippen LogP contribution in [0.5, 0.6) is 5.75 Å². The summed E-state index contributed by atoms with van der Waals surface area (Å²) in [6.45, 7) is 0. The number of rotatable bonds is 3. The second-order valence-corrected chi connectivity index (χ2v) is 4.99. The van der Waals surface area contributed by atoms with Crippen LogP contribution in [0.3, 0.4) is 0 Å². The normalized spacial score (nSPS) is 11.1. The molecule has 0 atom stereocenters. The Morgan fingerprint density at radius 3 is 2.82 bits per heavy atom. The van der Waals surface area contributed by atoms with Gasteiger partial charge in [0.2, 0.25) is 5.95 Å². The summed E-state index contributed by atoms with van der Waals surface area (Å²) >= 11 is 0.475. The van der Waals surface area contributed by atoms with Gasteiger partial charge in [0.15, 0.2) is 11.6 Å². The van der Waals surface area contributed by atoms with E-state index in [1.807, 2.05) is 0 Å². The number of anilines is 1. The Hall–Kier alpha value is -2.39. The van der Waals surface area contributed by atoms with Crippen LogP contribution in [0.25, 0.3) is 16.9 Å². The van der Waals surface area contributed by atoms with Gasteiger partial charge in [0.05, 0.1) is 29.5 Å². The number of fused-ring (bicyclic) bond motifs is 1. The van der Waals surface area contributed by atoms with Crippen LogP contribution in [0.4, 0.5) is 14.6 Å². The monoisotopic (exact) mass is 324 g/mol. The van der Waals surface area contributed by atoms with E-state index in [0.717, 1.165) is 6.07 Å². The average molecular weight is 324 g/mol. The highest BCUT2D eigenvalue weighted by molar-refractivity contribution is 7.93. The summed E-state index contributed by atoms with van der Waals surface area (Å²) in [6.07, 6.45) is 2.88. The Bertz CT molecular complexity index is 869. The van der Waals surface area contributed by atoms with Gasteiger partial charge in [-0.05, 0) is 6.07 Å². The lowest BCUT2D eigenvalue weighted by atomic mass is 10.2. The zero-order chi connectivity index (χ0) is 15.9. The van der Waals surface area contributed by atoms with E-state index < -0.39 is 17.6 Å². The minimum atomic E-state index is -0.908. The van der Waals surface area contributed by atoms with Gasteiger partial charge in [-0.2, -0.15) is 9.37 Å². The molecule has 3 aromatic heterocycles. The number of nitrogen functional groups attached to an aromatic ring is 1. The number of hydrogen-bond acceptors (Lipinski definition) is 6. The molecule has 0 aliphatic rings. The van der Waals surface area contributed by atoms with Gasteiger partial charge in [0, 0.05) is 24.3 Å². The van der Waals surface area contributed by atoms with Gasteiger partial charge in [-0.1, -0.05) is 0 Å². The highest BCUT2D eigenvalue weighted by Gasteiger charge is 2.17. The topological polar surface area (TPSA) is 85.7 Å². The first-order valence-corrected chi connectivity index (χ1v) is 6.81. The van der Waals surface area contributed by atoms with E-state index in [-0.39, 0.29) is 11.3 Å². The van der Waals surface area contributed by atoms with Crippen LogP contribution in [0, 0.1) is 11.8 Å². The van der Waals surface area contributed by atoms with Crippen LogP contribution in [-0.2, 0) is 0 Å². The number of pyridine rings is 2. The molecule has 0 fully saturated rings. The van der Waals surface area contributed by atoms with E-state index in [4.69, 9.17) is 10.5 Å². The molecule has 0 aromatic carbocycles. The van der Waals surface area contributed by atoms with Crippen LogP contribution in [-0.4, -0.2) is 26.0 Å². The second kappa shape index (κ2) is 5.43. The van der Waals surface area contributed by atoms with E-state index in [1.165, 1.54) is 23.9 Å². The molecule has 3 N–H and O–H groups in total. The zero-order valence-corrected chi connectivity index (χ0v) is 12.1. The lowest BCUT2D eigenvalue weighted by molar-refractivity contribution is 0.403. The minimum Gasteiger partial charge on any atom is -0.495 e. The van der Waals surface area contributed by atoms with Crippen molar-refractivity contribution in [2.45, 2.75) is 4.90 Å². The molecule has 0 bridgehead atoms. The quantitative estimate of drug-likeness (QED) is 0.569. The number of nitrogens with zero attached hydrogens (tertiary/aromatic N) is 3. The Kier molecular flexibility index (Phi) is 3.59. The lowest BCUT2D eigenvalue weighted by Gasteiger charge is -2.08. The Morgan fingerprint density at radius 2 is 2.14 bits per heavy atom. The molecule has 0 amide bonds. The third-order valence-corrected chi connectivity index (χ3v) is 3.63. The molecule has 3 aromatic rings. The molecule has 0 aliphatic heterocycles. The number of halogens is 2. The highest BCUT2D eigenvalue weighted by atomic mass is 32.2. The van der Waals surface area contributed by atoms with Crippen molar-refractivity contribution in [3.8, 4) is 17.0 Å². The van der Waals surface area contributed by atoms with Crippen LogP contribution < -0.4 is 10.5 Å². The molecule has 0 aliphatic carbocycles. The molecule has 0 saturated carbocycles. The SMILES string of the molecule is COc1cc2ncc(-c3cc(F)c(N)nc3F)n2cc1SO. The molecule has 22 heavy (non-hydrogen) atoms. The minimum absolute atomic E-state index is 0.0849. The third kappa shape index (κ3) is 2.24. The second-order valence-electron chi connectivity index (χ2n) is 4.36. The van der Waals surface area contributed by atoms with Gasteiger partial charge in [0.1, 0.15) is 11.4 Å². The number of aromatic nitrogens is 3. The van der Waals surface area contributed by atoms with Crippen molar-refractivity contribution in [3.63, 3.8) is 0 Å². The molecular weight excluding hydrogens is 314 g/mol. The first-order valence-electron chi connectivity index (χ1n) is 6.03. The predicted octanol–water partition coefficient (Wildman–Crippen LogP) is 2.83. The summed E-state index contributed by atoms with van der Waals surface area (Å²) in [5, 5.41) is 0. The van der Waals surface area contributed by atoms with Crippen LogP contribution in [0.15, 0.2) is 29.4 Å². The molecule has 0 spiro atoms. The molecular formula is C13H10F2N4O2S. The van der Waals surface area contributed by atoms with Crippen molar-refractivity contribution < 1.29 is 18.1 Å². The Labute approximate surface area is 127 Å². The van der Waals surface area contributed by atoms with Gasteiger partial charge >= 0.3 is 0 Å². The maximum atomic E-state index is 14.0. The Morgan fingerprint density at radius 1 is 1.36 bits per heavy atom. The number of imidazole rings is 1. The van der Waals surface area contributed by atoms with Crippen molar-refractivity contribution in [2.75, 3.05) is 12.8 Å². The van der Waals surface area contributed by atoms with Crippen LogP contribution in [0.1, 0.15) is 0 Å². The molecule has 9 heteroatoms. The fourth-order valence-corrected chi connectivity index (χ4v) is 2.46. The summed E-state index contributed by atoms with van der Waals surface area (Å²) in [5.41, 5.74) is 5.87. The summed E-state index contributed by atoms with van der Waals surface area (Å²) in [6, 6.07) is 2.53. The van der Waals surface area contributed by atoms with Crippen molar-refractivity contribution in [1.82, 2.24) is 14.4 Å². The predicted molar refractivity (Wildman–Crippen MR) is 77.8 cm³/mol. The van der Waals surface area contributed by atoms with Gasteiger partial charge < -0.3 is 15.0 Å². The van der Waals surface area contributed by atoms with Crippen molar-refractivity contribution in [3.05, 3.63) is 36.3 Å². The summed E-state index contributed by atoms with van der Waals surface area (Å²) < 4.78 is 43.4. The molecule has 3 rings (SSSR count). The van der Waals surface area contributed by atoms with Gasteiger partial charge in [-0.15, -0.1) is 0 Å². The van der Waals surface area contributed by atoms with Gasteiger partial charge in [-0.3, -0.25) is 4.40 Å². The van der Waals surface area contributed by atoms with Crippen molar-refractivity contribution >= 4 is 23.5 Å². The van der Waals surface area contributed by atoms with Crippen molar-refractivity contribution in [1.29, 1.82) is 0 Å². The number of ether oxygens (including phenoxy) is 1. The van der Waals surface area contributed by atoms with Crippen LogP contribution in [0.2, 0.25) is 0 Å². The first kappa shape index (κ1) is 14.5. The molecule has 0 saturated heterocycles.